The number of amides is 1. The Labute approximate surface area is 137 Å². The van der Waals surface area contributed by atoms with Crippen molar-refractivity contribution in [2.75, 3.05) is 13.7 Å². The van der Waals surface area contributed by atoms with Crippen LogP contribution in [-0.2, 0) is 20.9 Å². The van der Waals surface area contributed by atoms with Crippen LogP contribution in [0.25, 0.3) is 0 Å². The molecule has 4 nitrogen and oxygen atoms in total. The number of rotatable bonds is 9. The third-order valence-electron chi connectivity index (χ3n) is 3.75. The van der Waals surface area contributed by atoms with Gasteiger partial charge in [0, 0.05) is 19.0 Å². The molecule has 0 bridgehead atoms. The van der Waals surface area contributed by atoms with E-state index in [1.54, 1.807) is 24.0 Å². The van der Waals surface area contributed by atoms with Crippen LogP contribution >= 0.6 is 0 Å². The van der Waals surface area contributed by atoms with Gasteiger partial charge in [0.2, 0.25) is 5.91 Å². The highest BCUT2D eigenvalue weighted by molar-refractivity contribution is 5.83. The predicted octanol–water partition coefficient (Wildman–Crippen LogP) is 3.54. The second kappa shape index (κ2) is 9.98. The van der Waals surface area contributed by atoms with E-state index >= 15 is 0 Å². The van der Waals surface area contributed by atoms with Gasteiger partial charge in [-0.25, -0.2) is 4.39 Å². The lowest BCUT2D eigenvalue weighted by Gasteiger charge is -2.26. The number of methoxy groups -OCH3 is 1. The highest BCUT2D eigenvalue weighted by Gasteiger charge is 2.23. The van der Waals surface area contributed by atoms with Crippen LogP contribution < -0.4 is 0 Å². The third kappa shape index (κ3) is 6.80. The maximum atomic E-state index is 13.0. The van der Waals surface area contributed by atoms with Gasteiger partial charge < -0.3 is 9.64 Å². The summed E-state index contributed by atoms with van der Waals surface area (Å²) in [5.41, 5.74) is 0.876. The van der Waals surface area contributed by atoms with E-state index in [0.717, 1.165) is 24.8 Å². The Hall–Kier alpha value is -1.91. The van der Waals surface area contributed by atoms with Crippen LogP contribution in [0.4, 0.5) is 4.39 Å². The van der Waals surface area contributed by atoms with Crippen molar-refractivity contribution in [1.29, 1.82) is 0 Å². The average Bonchev–Trinajstić information content (AvgIpc) is 2.55. The fraction of sp³-hybridized carbons (Fsp3) is 0.556. The van der Waals surface area contributed by atoms with E-state index < -0.39 is 5.92 Å². The predicted molar refractivity (Wildman–Crippen MR) is 87.1 cm³/mol. The Morgan fingerprint density at radius 2 is 1.87 bits per heavy atom. The molecule has 0 aliphatic carbocycles. The highest BCUT2D eigenvalue weighted by atomic mass is 19.1. The van der Waals surface area contributed by atoms with Crippen molar-refractivity contribution in [3.8, 4) is 0 Å². The molecule has 0 aromatic heterocycles. The Balaban J connectivity index is 2.75. The number of ether oxygens (including phenoxy) is 1. The van der Waals surface area contributed by atoms with Crippen molar-refractivity contribution in [3.63, 3.8) is 0 Å². The van der Waals surface area contributed by atoms with Crippen molar-refractivity contribution >= 4 is 11.9 Å². The Morgan fingerprint density at radius 1 is 1.22 bits per heavy atom. The Morgan fingerprint density at radius 3 is 2.43 bits per heavy atom. The number of unbranched alkanes of at least 4 members (excludes halogenated alkanes) is 2. The van der Waals surface area contributed by atoms with Crippen molar-refractivity contribution in [2.24, 2.45) is 5.92 Å². The van der Waals surface area contributed by atoms with Crippen LogP contribution in [0.1, 0.15) is 45.1 Å². The van der Waals surface area contributed by atoms with Crippen LogP contribution in [-0.4, -0.2) is 30.4 Å². The fourth-order valence-corrected chi connectivity index (χ4v) is 2.36. The number of halogens is 1. The molecule has 0 aliphatic rings. The number of carbonyl (C=O) groups is 2. The summed E-state index contributed by atoms with van der Waals surface area (Å²) >= 11 is 0. The molecule has 0 saturated carbocycles. The lowest BCUT2D eigenvalue weighted by atomic mass is 10.1. The lowest BCUT2D eigenvalue weighted by molar-refractivity contribution is -0.146. The molecule has 1 aromatic rings. The third-order valence-corrected chi connectivity index (χ3v) is 3.75. The van der Waals surface area contributed by atoms with E-state index in [1.165, 1.54) is 19.2 Å². The Kier molecular flexibility index (Phi) is 8.30. The van der Waals surface area contributed by atoms with Gasteiger partial charge in [0.05, 0.1) is 13.5 Å². The topological polar surface area (TPSA) is 46.6 Å². The minimum absolute atomic E-state index is 0.0724. The molecule has 1 atom stereocenters. The quantitative estimate of drug-likeness (QED) is 0.516. The number of benzene rings is 1. The van der Waals surface area contributed by atoms with Gasteiger partial charge in [0.15, 0.2) is 0 Å². The largest absolute Gasteiger partial charge is 0.469 e. The zero-order valence-corrected chi connectivity index (χ0v) is 14.2. The summed E-state index contributed by atoms with van der Waals surface area (Å²) in [5, 5.41) is 0. The first kappa shape index (κ1) is 19.1. The second-order valence-corrected chi connectivity index (χ2v) is 5.77. The molecule has 23 heavy (non-hydrogen) atoms. The summed E-state index contributed by atoms with van der Waals surface area (Å²) in [6.07, 6.45) is 3.09. The number of nitrogens with zero attached hydrogens (tertiary/aromatic N) is 1. The van der Waals surface area contributed by atoms with Crippen molar-refractivity contribution < 1.29 is 18.7 Å². The molecule has 0 spiro atoms. The van der Waals surface area contributed by atoms with Gasteiger partial charge in [-0.15, -0.1) is 0 Å². The summed E-state index contributed by atoms with van der Waals surface area (Å²) in [6, 6.07) is 6.14. The molecule has 1 amide bonds. The maximum absolute atomic E-state index is 13.0. The number of esters is 1. The van der Waals surface area contributed by atoms with E-state index in [2.05, 4.69) is 11.7 Å². The lowest BCUT2D eigenvalue weighted by Crippen LogP contribution is -2.36. The van der Waals surface area contributed by atoms with E-state index in [0.29, 0.717) is 13.1 Å². The van der Waals surface area contributed by atoms with Crippen molar-refractivity contribution in [1.82, 2.24) is 4.90 Å². The smallest absolute Gasteiger partial charge is 0.306 e. The second-order valence-electron chi connectivity index (χ2n) is 5.77. The average molecular weight is 323 g/mol. The fourth-order valence-electron chi connectivity index (χ4n) is 2.36. The summed E-state index contributed by atoms with van der Waals surface area (Å²) in [7, 11) is 1.32. The first-order chi connectivity index (χ1) is 11.0. The molecule has 128 valence electrons. The normalized spacial score (nSPS) is 11.8. The molecule has 0 fully saturated rings. The number of hydrogen-bond donors (Lipinski definition) is 0. The monoisotopic (exact) mass is 323 g/mol. The van der Waals surface area contributed by atoms with Gasteiger partial charge in [-0.3, -0.25) is 9.59 Å². The summed E-state index contributed by atoms with van der Waals surface area (Å²) in [5.74, 6) is -1.18. The maximum Gasteiger partial charge on any atom is 0.306 e. The highest BCUT2D eigenvalue weighted by Crippen LogP contribution is 2.14. The van der Waals surface area contributed by atoms with Crippen LogP contribution in [0, 0.1) is 11.7 Å². The Bertz CT molecular complexity index is 501. The molecule has 0 radical (unpaired) electrons. The van der Waals surface area contributed by atoms with Crippen LogP contribution in [0.2, 0.25) is 0 Å². The first-order valence-electron chi connectivity index (χ1n) is 8.08. The molecule has 0 heterocycles. The summed E-state index contributed by atoms with van der Waals surface area (Å²) < 4.78 is 17.6. The minimum atomic E-state index is -0.426. The zero-order valence-electron chi connectivity index (χ0n) is 14.2. The molecule has 0 N–H and O–H groups in total. The number of hydrogen-bond acceptors (Lipinski definition) is 3. The van der Waals surface area contributed by atoms with Gasteiger partial charge >= 0.3 is 5.97 Å². The van der Waals surface area contributed by atoms with Crippen LogP contribution in [0.5, 0.6) is 0 Å². The zero-order chi connectivity index (χ0) is 17.2. The van der Waals surface area contributed by atoms with Crippen molar-refractivity contribution in [3.05, 3.63) is 35.6 Å². The van der Waals surface area contributed by atoms with E-state index in [9.17, 15) is 14.0 Å². The van der Waals surface area contributed by atoms with Crippen LogP contribution in [0.15, 0.2) is 24.3 Å². The first-order valence-corrected chi connectivity index (χ1v) is 8.08. The SMILES string of the molecule is CCCCCN(Cc1ccc(F)cc1)C(=O)[C@@H](C)CC(=O)OC. The molecule has 5 heteroatoms. The van der Waals surface area contributed by atoms with E-state index in [4.69, 9.17) is 0 Å². The van der Waals surface area contributed by atoms with Crippen molar-refractivity contribution in [2.45, 2.75) is 46.1 Å². The van der Waals surface area contributed by atoms with Gasteiger partial charge in [-0.1, -0.05) is 38.8 Å². The molecule has 1 rings (SSSR count). The minimum Gasteiger partial charge on any atom is -0.469 e. The van der Waals surface area contributed by atoms with E-state index in [1.807, 2.05) is 0 Å². The van der Waals surface area contributed by atoms with Gasteiger partial charge in [-0.05, 0) is 24.1 Å². The molecule has 1 aromatic carbocycles. The molecular formula is C18H26FNO3. The van der Waals surface area contributed by atoms with Gasteiger partial charge in [0.25, 0.3) is 0 Å². The number of carbonyl (C=O) groups excluding carboxylic acids is 2. The van der Waals surface area contributed by atoms with Crippen LogP contribution in [0.3, 0.4) is 0 Å². The van der Waals surface area contributed by atoms with Gasteiger partial charge in [-0.2, -0.15) is 0 Å². The summed E-state index contributed by atoms with van der Waals surface area (Å²) in [4.78, 5) is 25.7. The molecule has 0 aliphatic heterocycles. The van der Waals surface area contributed by atoms with E-state index in [-0.39, 0.29) is 24.1 Å². The van der Waals surface area contributed by atoms with Gasteiger partial charge in [0.1, 0.15) is 5.82 Å². The molecule has 0 unspecified atom stereocenters. The standard InChI is InChI=1S/C18H26FNO3/c1-4-5-6-11-20(13-15-7-9-16(19)10-8-15)18(22)14(2)12-17(21)23-3/h7-10,14H,4-6,11-13H2,1-3H3/t14-/m0/s1. The summed E-state index contributed by atoms with van der Waals surface area (Å²) in [6.45, 7) is 4.90. The molecule has 0 saturated heterocycles. The molecular weight excluding hydrogens is 297 g/mol.